The average Bonchev–Trinajstić information content (AvgIpc) is 2.65. The Morgan fingerprint density at radius 1 is 1.40 bits per heavy atom. The predicted molar refractivity (Wildman–Crippen MR) is 80.8 cm³/mol. The highest BCUT2D eigenvalue weighted by atomic mass is 16.5. The molecule has 110 valence electrons. The van der Waals surface area contributed by atoms with Crippen LogP contribution in [0.4, 0.5) is 0 Å². The van der Waals surface area contributed by atoms with Crippen molar-refractivity contribution in [3.63, 3.8) is 0 Å². The van der Waals surface area contributed by atoms with E-state index >= 15 is 0 Å². The third kappa shape index (κ3) is 2.32. The van der Waals surface area contributed by atoms with Gasteiger partial charge in [-0.2, -0.15) is 0 Å². The normalized spacial score (nSPS) is 31.6. The molecule has 1 saturated heterocycles. The highest BCUT2D eigenvalue weighted by Crippen LogP contribution is 2.34. The minimum absolute atomic E-state index is 0.0922. The van der Waals surface area contributed by atoms with Gasteiger partial charge in [-0.3, -0.25) is 4.90 Å². The maximum Gasteiger partial charge on any atom is 0.123 e. The number of likely N-dealkylation sites (tertiary alicyclic amines) is 1. The Bertz CT molecular complexity index is 467. The molecule has 0 spiro atoms. The van der Waals surface area contributed by atoms with E-state index in [1.807, 2.05) is 6.07 Å². The second-order valence-corrected chi connectivity index (χ2v) is 6.27. The molecule has 4 heteroatoms. The first-order chi connectivity index (χ1) is 9.64. The van der Waals surface area contributed by atoms with E-state index in [2.05, 4.69) is 42.0 Å². The number of nitrogens with two attached hydrogens (primary N) is 1. The fourth-order valence-corrected chi connectivity index (χ4v) is 3.63. The standard InChI is InChI=1S/C16H25N3O/c1-13-9-16(11-17,12-18(13)2)19-7-8-20-15-6-4-3-5-14(15)10-19/h3-6,13H,7-12,17H2,1-2H3. The lowest BCUT2D eigenvalue weighted by molar-refractivity contribution is 0.0858. The minimum Gasteiger partial charge on any atom is -0.492 e. The van der Waals surface area contributed by atoms with Crippen LogP contribution in [0.3, 0.4) is 0 Å². The minimum atomic E-state index is 0.0922. The van der Waals surface area contributed by atoms with E-state index in [0.717, 1.165) is 38.4 Å². The highest BCUT2D eigenvalue weighted by Gasteiger charge is 2.44. The monoisotopic (exact) mass is 275 g/mol. The lowest BCUT2D eigenvalue weighted by Gasteiger charge is -2.39. The van der Waals surface area contributed by atoms with E-state index in [0.29, 0.717) is 12.6 Å². The van der Waals surface area contributed by atoms with Gasteiger partial charge in [-0.25, -0.2) is 0 Å². The molecule has 0 aromatic heterocycles. The van der Waals surface area contributed by atoms with Crippen molar-refractivity contribution in [2.75, 3.05) is 33.3 Å². The van der Waals surface area contributed by atoms with Gasteiger partial charge < -0.3 is 15.4 Å². The molecular weight excluding hydrogens is 250 g/mol. The Labute approximate surface area is 121 Å². The van der Waals surface area contributed by atoms with E-state index in [1.165, 1.54) is 5.56 Å². The van der Waals surface area contributed by atoms with Crippen molar-refractivity contribution in [3.8, 4) is 5.75 Å². The summed E-state index contributed by atoms with van der Waals surface area (Å²) in [7, 11) is 2.20. The fourth-order valence-electron chi connectivity index (χ4n) is 3.63. The zero-order chi connectivity index (χ0) is 14.2. The fraction of sp³-hybridized carbons (Fsp3) is 0.625. The summed E-state index contributed by atoms with van der Waals surface area (Å²) in [5.41, 5.74) is 7.56. The van der Waals surface area contributed by atoms with Crippen LogP contribution in [-0.4, -0.2) is 54.7 Å². The number of likely N-dealkylation sites (N-methyl/N-ethyl adjacent to an activating group) is 1. The highest BCUT2D eigenvalue weighted by molar-refractivity contribution is 5.34. The van der Waals surface area contributed by atoms with Gasteiger partial charge in [0.15, 0.2) is 0 Å². The lowest BCUT2D eigenvalue weighted by Crippen LogP contribution is -2.55. The van der Waals surface area contributed by atoms with Gasteiger partial charge in [0.25, 0.3) is 0 Å². The molecule has 1 aromatic carbocycles. The molecule has 0 amide bonds. The summed E-state index contributed by atoms with van der Waals surface area (Å²) in [5.74, 6) is 1.03. The number of hydrogen-bond acceptors (Lipinski definition) is 4. The van der Waals surface area contributed by atoms with Crippen LogP contribution >= 0.6 is 0 Å². The van der Waals surface area contributed by atoms with Gasteiger partial charge >= 0.3 is 0 Å². The summed E-state index contributed by atoms with van der Waals surface area (Å²) < 4.78 is 5.89. The quantitative estimate of drug-likeness (QED) is 0.883. The molecule has 2 N–H and O–H groups in total. The molecule has 2 unspecified atom stereocenters. The van der Waals surface area contributed by atoms with Crippen LogP contribution in [-0.2, 0) is 6.54 Å². The van der Waals surface area contributed by atoms with Crippen molar-refractivity contribution in [2.45, 2.75) is 31.5 Å². The number of hydrogen-bond donors (Lipinski definition) is 1. The van der Waals surface area contributed by atoms with Crippen molar-refractivity contribution < 1.29 is 4.74 Å². The maximum absolute atomic E-state index is 6.19. The number of para-hydroxylation sites is 1. The molecule has 2 aliphatic heterocycles. The van der Waals surface area contributed by atoms with Crippen molar-refractivity contribution >= 4 is 0 Å². The molecule has 20 heavy (non-hydrogen) atoms. The molecule has 2 aliphatic rings. The van der Waals surface area contributed by atoms with E-state index in [-0.39, 0.29) is 5.54 Å². The molecule has 3 rings (SSSR count). The molecule has 0 bridgehead atoms. The Kier molecular flexibility index (Phi) is 3.71. The van der Waals surface area contributed by atoms with Crippen LogP contribution < -0.4 is 10.5 Å². The number of rotatable bonds is 2. The second kappa shape index (κ2) is 5.35. The molecule has 0 aliphatic carbocycles. The second-order valence-electron chi connectivity index (χ2n) is 6.27. The first kappa shape index (κ1) is 13.9. The van der Waals surface area contributed by atoms with Crippen molar-refractivity contribution in [1.29, 1.82) is 0 Å². The van der Waals surface area contributed by atoms with Gasteiger partial charge in [0, 0.05) is 43.3 Å². The van der Waals surface area contributed by atoms with Crippen LogP contribution in [0, 0.1) is 0 Å². The van der Waals surface area contributed by atoms with E-state index < -0.39 is 0 Å². The molecule has 1 fully saturated rings. The zero-order valence-electron chi connectivity index (χ0n) is 12.5. The number of nitrogens with zero attached hydrogens (tertiary/aromatic N) is 2. The van der Waals surface area contributed by atoms with Crippen LogP contribution in [0.5, 0.6) is 5.75 Å². The van der Waals surface area contributed by atoms with Crippen molar-refractivity contribution in [3.05, 3.63) is 29.8 Å². The van der Waals surface area contributed by atoms with Gasteiger partial charge in [0.2, 0.25) is 0 Å². The van der Waals surface area contributed by atoms with Crippen LogP contribution in [0.25, 0.3) is 0 Å². The molecule has 2 heterocycles. The number of fused-ring (bicyclic) bond motifs is 1. The molecule has 1 aromatic rings. The summed E-state index contributed by atoms with van der Waals surface area (Å²) in [5, 5.41) is 0. The number of ether oxygens (including phenoxy) is 1. The Morgan fingerprint density at radius 2 is 2.20 bits per heavy atom. The van der Waals surface area contributed by atoms with Crippen molar-refractivity contribution in [1.82, 2.24) is 9.80 Å². The smallest absolute Gasteiger partial charge is 0.123 e. The summed E-state index contributed by atoms with van der Waals surface area (Å²) >= 11 is 0. The van der Waals surface area contributed by atoms with Crippen LogP contribution in [0.2, 0.25) is 0 Å². The topological polar surface area (TPSA) is 41.7 Å². The van der Waals surface area contributed by atoms with Crippen LogP contribution in [0.1, 0.15) is 18.9 Å². The van der Waals surface area contributed by atoms with Gasteiger partial charge in [0.05, 0.1) is 0 Å². The van der Waals surface area contributed by atoms with Crippen molar-refractivity contribution in [2.24, 2.45) is 5.73 Å². The van der Waals surface area contributed by atoms with E-state index in [4.69, 9.17) is 10.5 Å². The summed E-state index contributed by atoms with van der Waals surface area (Å²) in [6, 6.07) is 8.96. The first-order valence-corrected chi connectivity index (χ1v) is 7.51. The van der Waals surface area contributed by atoms with Crippen LogP contribution in [0.15, 0.2) is 24.3 Å². The Balaban J connectivity index is 1.86. The Morgan fingerprint density at radius 3 is 2.90 bits per heavy atom. The molecule has 0 saturated carbocycles. The number of benzene rings is 1. The van der Waals surface area contributed by atoms with E-state index in [1.54, 1.807) is 0 Å². The first-order valence-electron chi connectivity index (χ1n) is 7.51. The van der Waals surface area contributed by atoms with Gasteiger partial charge in [-0.15, -0.1) is 0 Å². The Hall–Kier alpha value is -1.10. The zero-order valence-corrected chi connectivity index (χ0v) is 12.5. The molecule has 2 atom stereocenters. The predicted octanol–water partition coefficient (Wildman–Crippen LogP) is 1.30. The largest absolute Gasteiger partial charge is 0.492 e. The SMILES string of the molecule is CC1CC(CN)(N2CCOc3ccccc3C2)CN1C. The third-order valence-corrected chi connectivity index (χ3v) is 4.97. The maximum atomic E-state index is 6.19. The lowest BCUT2D eigenvalue weighted by atomic mass is 9.93. The summed E-state index contributed by atoms with van der Waals surface area (Å²) in [6.45, 7) is 6.69. The molecule has 4 nitrogen and oxygen atoms in total. The third-order valence-electron chi connectivity index (χ3n) is 4.97. The van der Waals surface area contributed by atoms with Gasteiger partial charge in [0.1, 0.15) is 12.4 Å². The molecular formula is C16H25N3O. The summed E-state index contributed by atoms with van der Waals surface area (Å²) in [6.07, 6.45) is 1.14. The van der Waals surface area contributed by atoms with Gasteiger partial charge in [-0.1, -0.05) is 18.2 Å². The molecule has 0 radical (unpaired) electrons. The average molecular weight is 275 g/mol. The van der Waals surface area contributed by atoms with E-state index in [9.17, 15) is 0 Å². The van der Waals surface area contributed by atoms with Gasteiger partial charge in [-0.05, 0) is 26.5 Å². The summed E-state index contributed by atoms with van der Waals surface area (Å²) in [4.78, 5) is 4.96.